The molecule has 0 fully saturated rings. The molecule has 4 aromatic heterocycles. The van der Waals surface area contributed by atoms with Crippen molar-refractivity contribution in [1.29, 1.82) is 0 Å². The molecule has 0 atom stereocenters. The van der Waals surface area contributed by atoms with Crippen LogP contribution in [0.5, 0.6) is 0 Å². The first-order valence-corrected chi connectivity index (χ1v) is 8.01. The first-order chi connectivity index (χ1) is 10.9. The van der Waals surface area contributed by atoms with Crippen LogP contribution in [0.15, 0.2) is 49.1 Å². The SMILES string of the molecule is c1cnc(-c2ccc(-c3ccc(-c4nccnn4)s3)s2)nn1. The first-order valence-electron chi connectivity index (χ1n) is 6.38. The van der Waals surface area contributed by atoms with Crippen LogP contribution in [-0.2, 0) is 0 Å². The van der Waals surface area contributed by atoms with Crippen molar-refractivity contribution in [3.8, 4) is 31.2 Å². The molecular formula is C14H8N6S2. The maximum atomic E-state index is 4.22. The van der Waals surface area contributed by atoms with Crippen LogP contribution >= 0.6 is 22.7 Å². The van der Waals surface area contributed by atoms with Gasteiger partial charge in [-0.15, -0.1) is 32.9 Å². The van der Waals surface area contributed by atoms with Gasteiger partial charge in [0, 0.05) is 22.1 Å². The Morgan fingerprint density at radius 3 is 1.41 bits per heavy atom. The smallest absolute Gasteiger partial charge is 0.191 e. The highest BCUT2D eigenvalue weighted by Crippen LogP contribution is 2.38. The lowest BCUT2D eigenvalue weighted by atomic mass is 10.3. The van der Waals surface area contributed by atoms with Gasteiger partial charge in [0.25, 0.3) is 0 Å². The van der Waals surface area contributed by atoms with E-state index < -0.39 is 0 Å². The van der Waals surface area contributed by atoms with Crippen LogP contribution in [0.25, 0.3) is 31.2 Å². The average molecular weight is 324 g/mol. The summed E-state index contributed by atoms with van der Waals surface area (Å²) >= 11 is 3.27. The highest BCUT2D eigenvalue weighted by atomic mass is 32.1. The predicted molar refractivity (Wildman–Crippen MR) is 85.3 cm³/mol. The van der Waals surface area contributed by atoms with Crippen LogP contribution in [0.1, 0.15) is 0 Å². The average Bonchev–Trinajstić information content (AvgIpc) is 3.26. The van der Waals surface area contributed by atoms with E-state index in [2.05, 4.69) is 42.5 Å². The van der Waals surface area contributed by atoms with Gasteiger partial charge in [0.2, 0.25) is 0 Å². The second kappa shape index (κ2) is 5.66. The van der Waals surface area contributed by atoms with Crippen LogP contribution < -0.4 is 0 Å². The van der Waals surface area contributed by atoms with Gasteiger partial charge >= 0.3 is 0 Å². The molecule has 0 spiro atoms. The van der Waals surface area contributed by atoms with E-state index >= 15 is 0 Å². The largest absolute Gasteiger partial charge is 0.233 e. The number of thiophene rings is 2. The Balaban J connectivity index is 1.66. The monoisotopic (exact) mass is 324 g/mol. The molecule has 0 radical (unpaired) electrons. The van der Waals surface area contributed by atoms with Crippen LogP contribution in [0.2, 0.25) is 0 Å². The standard InChI is InChI=1S/C14H8N6S2/c1-3-11(13-15-5-7-17-19-13)21-9(1)10-2-4-12(22-10)14-16-6-8-18-20-14/h1-8H. The van der Waals surface area contributed by atoms with Crippen LogP contribution in [-0.4, -0.2) is 30.4 Å². The van der Waals surface area contributed by atoms with Crippen molar-refractivity contribution in [2.75, 3.05) is 0 Å². The van der Waals surface area contributed by atoms with E-state index in [1.165, 1.54) is 0 Å². The summed E-state index contributed by atoms with van der Waals surface area (Å²) < 4.78 is 0. The zero-order valence-electron chi connectivity index (χ0n) is 11.1. The number of hydrogen-bond donors (Lipinski definition) is 0. The molecule has 0 N–H and O–H groups in total. The molecule has 4 rings (SSSR count). The number of rotatable bonds is 3. The third-order valence-corrected chi connectivity index (χ3v) is 5.22. The number of hydrogen-bond acceptors (Lipinski definition) is 8. The summed E-state index contributed by atoms with van der Waals surface area (Å²) in [4.78, 5) is 12.7. The van der Waals surface area contributed by atoms with E-state index in [-0.39, 0.29) is 0 Å². The fourth-order valence-electron chi connectivity index (χ4n) is 1.90. The minimum absolute atomic E-state index is 0.645. The molecule has 0 amide bonds. The van der Waals surface area contributed by atoms with Crippen molar-refractivity contribution in [3.05, 3.63) is 49.1 Å². The molecule has 4 heterocycles. The molecule has 0 bridgehead atoms. The second-order valence-corrected chi connectivity index (χ2v) is 6.43. The minimum atomic E-state index is 0.645. The summed E-state index contributed by atoms with van der Waals surface area (Å²) in [5.74, 6) is 1.29. The fourth-order valence-corrected chi connectivity index (χ4v) is 3.88. The molecule has 106 valence electrons. The van der Waals surface area contributed by atoms with Crippen molar-refractivity contribution >= 4 is 22.7 Å². The second-order valence-electron chi connectivity index (χ2n) is 4.26. The Morgan fingerprint density at radius 2 is 1.00 bits per heavy atom. The van der Waals surface area contributed by atoms with Gasteiger partial charge in [-0.25, -0.2) is 9.97 Å². The Morgan fingerprint density at radius 1 is 0.545 bits per heavy atom. The molecule has 4 aromatic rings. The summed E-state index contributed by atoms with van der Waals surface area (Å²) in [7, 11) is 0. The van der Waals surface area contributed by atoms with Gasteiger partial charge in [0.05, 0.1) is 22.1 Å². The Labute approximate surface area is 133 Å². The van der Waals surface area contributed by atoms with Gasteiger partial charge < -0.3 is 0 Å². The van der Waals surface area contributed by atoms with E-state index in [0.717, 1.165) is 19.5 Å². The van der Waals surface area contributed by atoms with Crippen molar-refractivity contribution in [1.82, 2.24) is 30.4 Å². The zero-order chi connectivity index (χ0) is 14.8. The zero-order valence-corrected chi connectivity index (χ0v) is 12.8. The molecule has 8 heteroatoms. The van der Waals surface area contributed by atoms with Crippen molar-refractivity contribution in [3.63, 3.8) is 0 Å². The molecular weight excluding hydrogens is 316 g/mol. The Hall–Kier alpha value is -2.58. The summed E-state index contributed by atoms with van der Waals surface area (Å²) in [6.07, 6.45) is 6.42. The van der Waals surface area contributed by atoms with Crippen molar-refractivity contribution in [2.24, 2.45) is 0 Å². The maximum Gasteiger partial charge on any atom is 0.191 e. The van der Waals surface area contributed by atoms with E-state index in [1.54, 1.807) is 47.5 Å². The van der Waals surface area contributed by atoms with E-state index in [9.17, 15) is 0 Å². The van der Waals surface area contributed by atoms with Crippen molar-refractivity contribution in [2.45, 2.75) is 0 Å². The first kappa shape index (κ1) is 13.1. The molecule has 0 aromatic carbocycles. The van der Waals surface area contributed by atoms with Gasteiger partial charge in [0.1, 0.15) is 0 Å². The molecule has 6 nitrogen and oxygen atoms in total. The molecule has 0 saturated heterocycles. The van der Waals surface area contributed by atoms with Crippen LogP contribution in [0.4, 0.5) is 0 Å². The molecule has 0 saturated carbocycles. The van der Waals surface area contributed by atoms with Gasteiger partial charge in [-0.05, 0) is 24.3 Å². The quantitative estimate of drug-likeness (QED) is 0.576. The predicted octanol–water partition coefficient (Wildman–Crippen LogP) is 3.18. The van der Waals surface area contributed by atoms with E-state index in [4.69, 9.17) is 0 Å². The highest BCUT2D eigenvalue weighted by molar-refractivity contribution is 7.25. The lowest BCUT2D eigenvalue weighted by Crippen LogP contribution is -1.86. The van der Waals surface area contributed by atoms with Crippen LogP contribution in [0.3, 0.4) is 0 Å². The van der Waals surface area contributed by atoms with Gasteiger partial charge in [-0.1, -0.05) is 0 Å². The molecule has 0 aliphatic rings. The third-order valence-electron chi connectivity index (χ3n) is 2.86. The summed E-state index contributed by atoms with van der Waals surface area (Å²) in [6.45, 7) is 0. The van der Waals surface area contributed by atoms with Gasteiger partial charge in [-0.2, -0.15) is 10.2 Å². The van der Waals surface area contributed by atoms with Crippen molar-refractivity contribution < 1.29 is 0 Å². The topological polar surface area (TPSA) is 77.3 Å². The number of nitrogens with zero attached hydrogens (tertiary/aromatic N) is 6. The molecule has 0 aliphatic heterocycles. The van der Waals surface area contributed by atoms with E-state index in [1.807, 2.05) is 12.1 Å². The van der Waals surface area contributed by atoms with Gasteiger partial charge in [0.15, 0.2) is 11.6 Å². The molecule has 0 aliphatic carbocycles. The minimum Gasteiger partial charge on any atom is -0.233 e. The number of aromatic nitrogens is 6. The Bertz CT molecular complexity index is 812. The highest BCUT2D eigenvalue weighted by Gasteiger charge is 2.11. The normalized spacial score (nSPS) is 10.7. The molecule has 22 heavy (non-hydrogen) atoms. The van der Waals surface area contributed by atoms with Crippen LogP contribution in [0, 0.1) is 0 Å². The van der Waals surface area contributed by atoms with E-state index in [0.29, 0.717) is 11.6 Å². The third kappa shape index (κ3) is 2.49. The maximum absolute atomic E-state index is 4.22. The lowest BCUT2D eigenvalue weighted by Gasteiger charge is -1.93. The van der Waals surface area contributed by atoms with Gasteiger partial charge in [-0.3, -0.25) is 0 Å². The summed E-state index contributed by atoms with van der Waals surface area (Å²) in [5.41, 5.74) is 0. The Kier molecular flexibility index (Phi) is 3.37. The molecule has 0 unspecified atom stereocenters. The summed E-state index contributed by atoms with van der Waals surface area (Å²) in [6, 6.07) is 8.15. The summed E-state index contributed by atoms with van der Waals surface area (Å²) in [5, 5.41) is 15.8. The fraction of sp³-hybridized carbons (Fsp3) is 0. The lowest BCUT2D eigenvalue weighted by molar-refractivity contribution is 0.983.